The first kappa shape index (κ1) is 20.8. The highest BCUT2D eigenvalue weighted by molar-refractivity contribution is 5.92. The van der Waals surface area contributed by atoms with Crippen molar-refractivity contribution in [3.05, 3.63) is 89.5 Å². The Morgan fingerprint density at radius 1 is 1.00 bits per heavy atom. The predicted molar refractivity (Wildman–Crippen MR) is 108 cm³/mol. The molecule has 30 heavy (non-hydrogen) atoms. The standard InChI is InChI=1S/C23H18F2N2O3/c24-23(25)30-21-11-10-19(13-18(21)12-16-6-2-1-3-7-16)27-22(28)15-29-20-9-5-4-8-17(20)14-26/h1-11,13,23H,12,15H2,(H,27,28). The van der Waals surface area contributed by atoms with Crippen LogP contribution in [0.1, 0.15) is 16.7 Å². The molecule has 0 bridgehead atoms. The highest BCUT2D eigenvalue weighted by Crippen LogP contribution is 2.27. The van der Waals surface area contributed by atoms with Gasteiger partial charge in [0, 0.05) is 17.7 Å². The van der Waals surface area contributed by atoms with E-state index in [2.05, 4.69) is 10.1 Å². The van der Waals surface area contributed by atoms with E-state index in [0.717, 1.165) is 5.56 Å². The lowest BCUT2D eigenvalue weighted by Gasteiger charge is -2.14. The van der Waals surface area contributed by atoms with Crippen molar-refractivity contribution in [3.63, 3.8) is 0 Å². The number of benzene rings is 3. The summed E-state index contributed by atoms with van der Waals surface area (Å²) in [5, 5.41) is 11.7. The van der Waals surface area contributed by atoms with Gasteiger partial charge >= 0.3 is 6.61 Å². The summed E-state index contributed by atoms with van der Waals surface area (Å²) in [7, 11) is 0. The first-order valence-electron chi connectivity index (χ1n) is 9.08. The zero-order chi connectivity index (χ0) is 21.3. The zero-order valence-corrected chi connectivity index (χ0v) is 15.8. The van der Waals surface area contributed by atoms with Gasteiger partial charge in [0.25, 0.3) is 5.91 Å². The number of amides is 1. The minimum atomic E-state index is -2.95. The minimum Gasteiger partial charge on any atom is -0.482 e. The highest BCUT2D eigenvalue weighted by Gasteiger charge is 2.13. The Labute approximate surface area is 172 Å². The Kier molecular flexibility index (Phi) is 6.95. The van der Waals surface area contributed by atoms with Gasteiger partial charge in [-0.2, -0.15) is 14.0 Å². The summed E-state index contributed by atoms with van der Waals surface area (Å²) in [5.41, 5.74) is 2.17. The molecule has 0 aliphatic heterocycles. The third-order valence-electron chi connectivity index (χ3n) is 4.16. The number of alkyl halides is 2. The molecule has 0 aliphatic rings. The minimum absolute atomic E-state index is 0.0473. The molecule has 0 aromatic heterocycles. The van der Waals surface area contributed by atoms with Crippen LogP contribution >= 0.6 is 0 Å². The van der Waals surface area contributed by atoms with Crippen LogP contribution in [0, 0.1) is 11.3 Å². The van der Waals surface area contributed by atoms with E-state index in [1.54, 1.807) is 30.3 Å². The van der Waals surface area contributed by atoms with Gasteiger partial charge in [0.2, 0.25) is 0 Å². The maximum absolute atomic E-state index is 12.7. The van der Waals surface area contributed by atoms with E-state index in [9.17, 15) is 13.6 Å². The quantitative estimate of drug-likeness (QED) is 0.583. The van der Waals surface area contributed by atoms with Crippen LogP contribution in [0.3, 0.4) is 0 Å². The number of anilines is 1. The first-order valence-corrected chi connectivity index (χ1v) is 9.08. The maximum Gasteiger partial charge on any atom is 0.387 e. The van der Waals surface area contributed by atoms with E-state index in [4.69, 9.17) is 10.00 Å². The molecule has 1 N–H and O–H groups in total. The average Bonchev–Trinajstić information content (AvgIpc) is 2.75. The SMILES string of the molecule is N#Cc1ccccc1OCC(=O)Nc1ccc(OC(F)F)c(Cc2ccccc2)c1. The van der Waals surface area contributed by atoms with Crippen LogP contribution in [0.4, 0.5) is 14.5 Å². The molecule has 3 aromatic carbocycles. The highest BCUT2D eigenvalue weighted by atomic mass is 19.3. The topological polar surface area (TPSA) is 71.3 Å². The second kappa shape index (κ2) is 10.0. The zero-order valence-electron chi connectivity index (χ0n) is 15.8. The van der Waals surface area contributed by atoms with Crippen molar-refractivity contribution in [1.82, 2.24) is 0 Å². The lowest BCUT2D eigenvalue weighted by atomic mass is 10.0. The van der Waals surface area contributed by atoms with Crippen molar-refractivity contribution in [2.24, 2.45) is 0 Å². The number of nitrogens with one attached hydrogen (secondary N) is 1. The largest absolute Gasteiger partial charge is 0.482 e. The van der Waals surface area contributed by atoms with Gasteiger partial charge in [-0.05, 0) is 35.9 Å². The molecular weight excluding hydrogens is 390 g/mol. The lowest BCUT2D eigenvalue weighted by molar-refractivity contribution is -0.118. The normalized spacial score (nSPS) is 10.3. The molecule has 0 radical (unpaired) electrons. The van der Waals surface area contributed by atoms with Crippen molar-refractivity contribution in [2.45, 2.75) is 13.0 Å². The number of nitrogens with zero attached hydrogens (tertiary/aromatic N) is 1. The molecule has 3 rings (SSSR count). The van der Waals surface area contributed by atoms with Crippen molar-refractivity contribution >= 4 is 11.6 Å². The molecule has 0 fully saturated rings. The fourth-order valence-corrected chi connectivity index (χ4v) is 2.85. The van der Waals surface area contributed by atoms with Crippen LogP contribution < -0.4 is 14.8 Å². The Balaban J connectivity index is 1.71. The van der Waals surface area contributed by atoms with E-state index >= 15 is 0 Å². The number of para-hydroxylation sites is 1. The Hall–Kier alpha value is -3.92. The van der Waals surface area contributed by atoms with Crippen LogP contribution in [-0.2, 0) is 11.2 Å². The molecule has 5 nitrogen and oxygen atoms in total. The van der Waals surface area contributed by atoms with Crippen molar-refractivity contribution in [2.75, 3.05) is 11.9 Å². The lowest BCUT2D eigenvalue weighted by Crippen LogP contribution is -2.20. The smallest absolute Gasteiger partial charge is 0.387 e. The Morgan fingerprint density at radius 3 is 2.47 bits per heavy atom. The van der Waals surface area contributed by atoms with Gasteiger partial charge in [0.1, 0.15) is 17.6 Å². The first-order chi connectivity index (χ1) is 14.5. The third-order valence-corrected chi connectivity index (χ3v) is 4.16. The molecule has 0 heterocycles. The number of hydrogen-bond acceptors (Lipinski definition) is 4. The van der Waals surface area contributed by atoms with Crippen LogP contribution in [0.15, 0.2) is 72.8 Å². The molecular formula is C23H18F2N2O3. The molecule has 7 heteroatoms. The van der Waals surface area contributed by atoms with Gasteiger partial charge in [-0.3, -0.25) is 4.79 Å². The summed E-state index contributed by atoms with van der Waals surface area (Å²) >= 11 is 0. The van der Waals surface area contributed by atoms with E-state index in [1.165, 1.54) is 12.1 Å². The van der Waals surface area contributed by atoms with Gasteiger partial charge in [-0.15, -0.1) is 0 Å². The fraction of sp³-hybridized carbons (Fsp3) is 0.130. The number of carbonyl (C=O) groups excluding carboxylic acids is 1. The number of nitriles is 1. The summed E-state index contributed by atoms with van der Waals surface area (Å²) in [6, 6.07) is 22.3. The molecule has 3 aromatic rings. The molecule has 0 aliphatic carbocycles. The monoisotopic (exact) mass is 408 g/mol. The molecule has 0 saturated heterocycles. The van der Waals surface area contributed by atoms with Crippen molar-refractivity contribution in [3.8, 4) is 17.6 Å². The van der Waals surface area contributed by atoms with Crippen LogP contribution in [0.25, 0.3) is 0 Å². The number of ether oxygens (including phenoxy) is 2. The predicted octanol–water partition coefficient (Wildman–Crippen LogP) is 4.77. The third kappa shape index (κ3) is 5.79. The average molecular weight is 408 g/mol. The Bertz CT molecular complexity index is 1050. The van der Waals surface area contributed by atoms with Crippen LogP contribution in [-0.4, -0.2) is 19.1 Å². The van der Waals surface area contributed by atoms with E-state index in [1.807, 2.05) is 36.4 Å². The maximum atomic E-state index is 12.7. The molecule has 0 unspecified atom stereocenters. The second-order valence-corrected chi connectivity index (χ2v) is 6.31. The van der Waals surface area contributed by atoms with Crippen molar-refractivity contribution < 1.29 is 23.0 Å². The van der Waals surface area contributed by atoms with Gasteiger partial charge in [-0.25, -0.2) is 0 Å². The molecule has 0 spiro atoms. The summed E-state index contributed by atoms with van der Waals surface area (Å²) < 4.78 is 35.5. The van der Waals surface area contributed by atoms with Crippen LogP contribution in [0.2, 0.25) is 0 Å². The molecule has 1 amide bonds. The second-order valence-electron chi connectivity index (χ2n) is 6.31. The van der Waals surface area contributed by atoms with E-state index in [-0.39, 0.29) is 12.4 Å². The summed E-state index contributed by atoms with van der Waals surface area (Å²) in [6.07, 6.45) is 0.360. The summed E-state index contributed by atoms with van der Waals surface area (Å²) in [6.45, 7) is -3.25. The van der Waals surface area contributed by atoms with Gasteiger partial charge in [-0.1, -0.05) is 42.5 Å². The number of carbonyl (C=O) groups is 1. The number of rotatable bonds is 8. The molecule has 0 atom stereocenters. The summed E-state index contributed by atoms with van der Waals surface area (Å²) in [5.74, 6) is -0.0948. The number of hydrogen-bond donors (Lipinski definition) is 1. The van der Waals surface area contributed by atoms with Gasteiger partial charge in [0.15, 0.2) is 6.61 Å². The van der Waals surface area contributed by atoms with Crippen molar-refractivity contribution in [1.29, 1.82) is 5.26 Å². The molecule has 152 valence electrons. The van der Waals surface area contributed by atoms with E-state index in [0.29, 0.717) is 29.0 Å². The van der Waals surface area contributed by atoms with Gasteiger partial charge < -0.3 is 14.8 Å². The molecule has 0 saturated carbocycles. The fourth-order valence-electron chi connectivity index (χ4n) is 2.85. The van der Waals surface area contributed by atoms with Crippen LogP contribution in [0.5, 0.6) is 11.5 Å². The van der Waals surface area contributed by atoms with E-state index < -0.39 is 12.5 Å². The van der Waals surface area contributed by atoms with Gasteiger partial charge in [0.05, 0.1) is 5.56 Å². The number of halogens is 2. The Morgan fingerprint density at radius 2 is 1.73 bits per heavy atom. The summed E-state index contributed by atoms with van der Waals surface area (Å²) in [4.78, 5) is 12.2.